The summed E-state index contributed by atoms with van der Waals surface area (Å²) < 4.78 is 10.9. The molecule has 5 rings (SSSR count). The van der Waals surface area contributed by atoms with Gasteiger partial charge in [-0.05, 0) is 42.5 Å². The van der Waals surface area contributed by atoms with Gasteiger partial charge in [0.05, 0.1) is 5.54 Å². The first kappa shape index (κ1) is 16.9. The van der Waals surface area contributed by atoms with Gasteiger partial charge >= 0.3 is 0 Å². The molecular formula is C21H21ClN2O3. The Morgan fingerprint density at radius 2 is 1.96 bits per heavy atom. The van der Waals surface area contributed by atoms with Crippen LogP contribution in [-0.4, -0.2) is 36.2 Å². The summed E-state index contributed by atoms with van der Waals surface area (Å²) in [4.78, 5) is 15.1. The number of nitrogens with one attached hydrogen (secondary N) is 1. The number of hydrogen-bond donors (Lipinski definition) is 1. The van der Waals surface area contributed by atoms with E-state index in [4.69, 9.17) is 21.1 Å². The number of amides is 1. The van der Waals surface area contributed by atoms with Gasteiger partial charge in [0.2, 0.25) is 6.79 Å². The summed E-state index contributed by atoms with van der Waals surface area (Å²) in [7, 11) is 0. The molecule has 1 saturated heterocycles. The van der Waals surface area contributed by atoms with Crippen LogP contribution >= 0.6 is 11.6 Å². The minimum atomic E-state index is -0.168. The number of rotatable bonds is 2. The first-order chi connectivity index (χ1) is 13.1. The van der Waals surface area contributed by atoms with Crippen molar-refractivity contribution in [3.8, 4) is 11.5 Å². The highest BCUT2D eigenvalue weighted by molar-refractivity contribution is 6.31. The van der Waals surface area contributed by atoms with E-state index in [1.165, 1.54) is 0 Å². The van der Waals surface area contributed by atoms with Crippen molar-refractivity contribution in [2.45, 2.75) is 31.3 Å². The van der Waals surface area contributed by atoms with Gasteiger partial charge in [0.25, 0.3) is 5.91 Å². The lowest BCUT2D eigenvalue weighted by Crippen LogP contribution is -2.49. The summed E-state index contributed by atoms with van der Waals surface area (Å²) in [5.41, 5.74) is 2.82. The molecule has 6 heteroatoms. The second kappa shape index (κ2) is 6.43. The highest BCUT2D eigenvalue weighted by atomic mass is 35.5. The normalized spacial score (nSPS) is 24.0. The van der Waals surface area contributed by atoms with Crippen LogP contribution in [0.1, 0.15) is 34.3 Å². The molecule has 1 fully saturated rings. The van der Waals surface area contributed by atoms with E-state index in [1.54, 1.807) is 0 Å². The summed E-state index contributed by atoms with van der Waals surface area (Å²) in [5, 5.41) is 4.02. The first-order valence-corrected chi connectivity index (χ1v) is 9.71. The largest absolute Gasteiger partial charge is 0.454 e. The molecular weight excluding hydrogens is 364 g/mol. The Labute approximate surface area is 163 Å². The fourth-order valence-corrected chi connectivity index (χ4v) is 4.64. The van der Waals surface area contributed by atoms with Crippen molar-refractivity contribution >= 4 is 17.5 Å². The Morgan fingerprint density at radius 3 is 2.85 bits per heavy atom. The Hall–Kier alpha value is -2.24. The molecule has 140 valence electrons. The number of ether oxygens (including phenoxy) is 2. The topological polar surface area (TPSA) is 50.8 Å². The van der Waals surface area contributed by atoms with Gasteiger partial charge in [0.1, 0.15) is 0 Å². The van der Waals surface area contributed by atoms with E-state index >= 15 is 0 Å². The van der Waals surface area contributed by atoms with Crippen molar-refractivity contribution in [1.82, 2.24) is 10.2 Å². The third kappa shape index (κ3) is 3.05. The number of carbonyl (C=O) groups is 1. The van der Waals surface area contributed by atoms with Crippen molar-refractivity contribution in [3.63, 3.8) is 0 Å². The zero-order valence-corrected chi connectivity index (χ0v) is 15.7. The highest BCUT2D eigenvalue weighted by Gasteiger charge is 2.41. The maximum atomic E-state index is 12.7. The summed E-state index contributed by atoms with van der Waals surface area (Å²) in [5.74, 6) is 1.50. The van der Waals surface area contributed by atoms with Gasteiger partial charge in [-0.2, -0.15) is 0 Å². The number of carbonyl (C=O) groups excluding carboxylic acids is 1. The predicted octanol–water partition coefficient (Wildman–Crippen LogP) is 3.39. The molecule has 1 amide bonds. The SMILES string of the molecule is O=C1N[C@]2(CCc3ccccc31)CCN(Cc1cc3c(cc1Cl)OCO3)C2. The van der Waals surface area contributed by atoms with Crippen LogP contribution in [0.4, 0.5) is 0 Å². The molecule has 27 heavy (non-hydrogen) atoms. The van der Waals surface area contributed by atoms with Crippen LogP contribution in [0.3, 0.4) is 0 Å². The molecule has 1 spiro atoms. The molecule has 0 saturated carbocycles. The van der Waals surface area contributed by atoms with E-state index in [1.807, 2.05) is 30.3 Å². The average molecular weight is 385 g/mol. The van der Waals surface area contributed by atoms with Crippen LogP contribution < -0.4 is 14.8 Å². The fourth-order valence-electron chi connectivity index (χ4n) is 4.43. The van der Waals surface area contributed by atoms with Gasteiger partial charge in [0, 0.05) is 36.3 Å². The average Bonchev–Trinajstić information content (AvgIpc) is 3.24. The molecule has 0 unspecified atom stereocenters. The van der Waals surface area contributed by atoms with Gasteiger partial charge < -0.3 is 14.8 Å². The third-order valence-corrected chi connectivity index (χ3v) is 6.23. The number of likely N-dealkylation sites (tertiary alicyclic amines) is 1. The molecule has 1 N–H and O–H groups in total. The Balaban J connectivity index is 1.33. The number of halogens is 1. The maximum absolute atomic E-state index is 12.7. The zero-order chi connectivity index (χ0) is 18.4. The van der Waals surface area contributed by atoms with Crippen molar-refractivity contribution in [1.29, 1.82) is 0 Å². The number of hydrogen-bond acceptors (Lipinski definition) is 4. The number of benzene rings is 2. The summed E-state index contributed by atoms with van der Waals surface area (Å²) in [6.45, 7) is 2.74. The van der Waals surface area contributed by atoms with Crippen LogP contribution in [0.25, 0.3) is 0 Å². The van der Waals surface area contributed by atoms with Gasteiger partial charge in [-0.15, -0.1) is 0 Å². The highest BCUT2D eigenvalue weighted by Crippen LogP contribution is 2.38. The van der Waals surface area contributed by atoms with Crippen molar-refractivity contribution in [3.05, 3.63) is 58.1 Å². The lowest BCUT2D eigenvalue weighted by atomic mass is 9.91. The Bertz CT molecular complexity index is 916. The predicted molar refractivity (Wildman–Crippen MR) is 102 cm³/mol. The molecule has 0 aliphatic carbocycles. The van der Waals surface area contributed by atoms with Crippen LogP contribution in [0.5, 0.6) is 11.5 Å². The molecule has 0 radical (unpaired) electrons. The minimum Gasteiger partial charge on any atom is -0.454 e. The smallest absolute Gasteiger partial charge is 0.252 e. The molecule has 3 heterocycles. The molecule has 2 aromatic carbocycles. The number of aryl methyl sites for hydroxylation is 1. The fraction of sp³-hybridized carbons (Fsp3) is 0.381. The van der Waals surface area contributed by atoms with Crippen molar-refractivity contribution in [2.75, 3.05) is 19.9 Å². The molecule has 0 bridgehead atoms. The number of nitrogens with zero attached hydrogens (tertiary/aromatic N) is 1. The molecule has 0 aromatic heterocycles. The van der Waals surface area contributed by atoms with Crippen molar-refractivity contribution in [2.24, 2.45) is 0 Å². The molecule has 3 aliphatic heterocycles. The monoisotopic (exact) mass is 384 g/mol. The molecule has 3 aliphatic rings. The lowest BCUT2D eigenvalue weighted by Gasteiger charge is -2.29. The second-order valence-corrected chi connectivity index (χ2v) is 8.06. The zero-order valence-electron chi connectivity index (χ0n) is 15.0. The van der Waals surface area contributed by atoms with Gasteiger partial charge in [-0.3, -0.25) is 9.69 Å². The summed E-state index contributed by atoms with van der Waals surface area (Å²) in [6, 6.07) is 11.7. The molecule has 2 aromatic rings. The Morgan fingerprint density at radius 1 is 1.15 bits per heavy atom. The van der Waals surface area contributed by atoms with Crippen LogP contribution in [0, 0.1) is 0 Å². The maximum Gasteiger partial charge on any atom is 0.252 e. The summed E-state index contributed by atoms with van der Waals surface area (Å²) >= 11 is 6.44. The second-order valence-electron chi connectivity index (χ2n) is 7.65. The standard InChI is InChI=1S/C21H21ClN2O3/c22-17-10-19-18(26-13-27-19)9-15(17)11-24-8-7-21(12-24)6-5-14-3-1-2-4-16(14)20(25)23-21/h1-4,9-10H,5-8,11-13H2,(H,23,25)/t21-/m1/s1. The van der Waals surface area contributed by atoms with E-state index in [9.17, 15) is 4.79 Å². The molecule has 1 atom stereocenters. The van der Waals surface area contributed by atoms with Gasteiger partial charge in [0.15, 0.2) is 11.5 Å². The quantitative estimate of drug-likeness (QED) is 0.862. The van der Waals surface area contributed by atoms with Crippen molar-refractivity contribution < 1.29 is 14.3 Å². The Kier molecular flexibility index (Phi) is 4.02. The van der Waals surface area contributed by atoms with E-state index < -0.39 is 0 Å². The van der Waals surface area contributed by atoms with E-state index in [0.717, 1.165) is 61.3 Å². The van der Waals surface area contributed by atoms with E-state index in [-0.39, 0.29) is 18.2 Å². The van der Waals surface area contributed by atoms with Gasteiger partial charge in [-0.1, -0.05) is 29.8 Å². The third-order valence-electron chi connectivity index (χ3n) is 5.88. The first-order valence-electron chi connectivity index (χ1n) is 9.33. The van der Waals surface area contributed by atoms with Gasteiger partial charge in [-0.25, -0.2) is 0 Å². The lowest BCUT2D eigenvalue weighted by molar-refractivity contribution is 0.0902. The van der Waals surface area contributed by atoms with Crippen LogP contribution in [0.2, 0.25) is 5.02 Å². The number of fused-ring (bicyclic) bond motifs is 2. The minimum absolute atomic E-state index is 0.0473. The van der Waals surface area contributed by atoms with E-state index in [0.29, 0.717) is 10.8 Å². The van der Waals surface area contributed by atoms with E-state index in [2.05, 4.69) is 16.3 Å². The van der Waals surface area contributed by atoms with Crippen LogP contribution in [0.15, 0.2) is 36.4 Å². The van der Waals surface area contributed by atoms with Crippen LogP contribution in [-0.2, 0) is 13.0 Å². The summed E-state index contributed by atoms with van der Waals surface area (Å²) in [6.07, 6.45) is 2.84. The molecule has 5 nitrogen and oxygen atoms in total.